The van der Waals surface area contributed by atoms with Gasteiger partial charge in [-0.15, -0.1) is 5.06 Å². The summed E-state index contributed by atoms with van der Waals surface area (Å²) in [4.78, 5) is 91.3. The molecule has 0 bridgehead atoms. The fourth-order valence-corrected chi connectivity index (χ4v) is 4.34. The molecule has 4 rings (SSSR count). The van der Waals surface area contributed by atoms with Crippen molar-refractivity contribution in [3.8, 4) is 11.5 Å². The molecule has 1 fully saturated rings. The average molecular weight is 683 g/mol. The lowest BCUT2D eigenvalue weighted by Gasteiger charge is -2.15. The Morgan fingerprint density at radius 3 is 1.53 bits per heavy atom. The highest BCUT2D eigenvalue weighted by Crippen LogP contribution is 2.28. The van der Waals surface area contributed by atoms with Crippen molar-refractivity contribution < 1.29 is 66.8 Å². The molecular weight excluding hydrogens is 648 g/mol. The van der Waals surface area contributed by atoms with Crippen molar-refractivity contribution >= 4 is 41.5 Å². The van der Waals surface area contributed by atoms with Crippen molar-refractivity contribution in [2.75, 3.05) is 46.2 Å². The van der Waals surface area contributed by atoms with Crippen LogP contribution in [0.25, 0.3) is 0 Å². The number of benzene rings is 2. The first-order valence-corrected chi connectivity index (χ1v) is 15.4. The molecule has 16 nitrogen and oxygen atoms in total. The molecule has 4 amide bonds. The third-order valence-corrected chi connectivity index (χ3v) is 6.74. The molecule has 260 valence electrons. The van der Waals surface area contributed by atoms with Gasteiger partial charge >= 0.3 is 29.7 Å². The van der Waals surface area contributed by atoms with Gasteiger partial charge in [0.1, 0.15) is 11.5 Å². The van der Waals surface area contributed by atoms with Crippen LogP contribution in [0.2, 0.25) is 0 Å². The second kappa shape index (κ2) is 17.5. The maximum atomic E-state index is 13.4. The zero-order chi connectivity index (χ0) is 35.3. The predicted octanol–water partition coefficient (Wildman–Crippen LogP) is 2.11. The minimum atomic E-state index is -0.802. The van der Waals surface area contributed by atoms with Gasteiger partial charge < -0.3 is 33.3 Å². The summed E-state index contributed by atoms with van der Waals surface area (Å²) in [7, 11) is 0. The highest BCUT2D eigenvalue weighted by atomic mass is 16.7. The SMILES string of the molecule is CCOC(=O)c1ccc(OC2=C(Oc3ccc(C(=O)OCC)cc3)C(=O)N(CCOCCOCCC(=O)ON3C(=O)CCC3=O)C2=O)cc1. The van der Waals surface area contributed by atoms with Crippen LogP contribution in [0.3, 0.4) is 0 Å². The Labute approximate surface area is 280 Å². The summed E-state index contributed by atoms with van der Waals surface area (Å²) in [5.74, 6) is -5.17. The molecule has 49 heavy (non-hydrogen) atoms. The van der Waals surface area contributed by atoms with Gasteiger partial charge in [-0.1, -0.05) is 0 Å². The summed E-state index contributed by atoms with van der Waals surface area (Å²) in [5, 5.41) is 0.456. The van der Waals surface area contributed by atoms with Gasteiger partial charge in [-0.25, -0.2) is 14.4 Å². The highest BCUT2D eigenvalue weighted by molar-refractivity contribution is 6.17. The lowest BCUT2D eigenvalue weighted by Crippen LogP contribution is -2.35. The van der Waals surface area contributed by atoms with E-state index < -0.39 is 53.1 Å². The van der Waals surface area contributed by atoms with Gasteiger partial charge in [-0.3, -0.25) is 24.1 Å². The molecular formula is C33H34N2O14. The van der Waals surface area contributed by atoms with Crippen molar-refractivity contribution in [2.24, 2.45) is 0 Å². The molecule has 2 aliphatic rings. The number of hydrogen-bond donors (Lipinski definition) is 0. The first kappa shape index (κ1) is 36.2. The average Bonchev–Trinajstić information content (AvgIpc) is 3.51. The third kappa shape index (κ3) is 9.71. The quantitative estimate of drug-likeness (QED) is 0.126. The van der Waals surface area contributed by atoms with E-state index in [2.05, 4.69) is 0 Å². The number of hydroxylamine groups is 2. The fraction of sp³-hybridized carbons (Fsp3) is 0.364. The number of esters is 2. The molecule has 0 radical (unpaired) electrons. The summed E-state index contributed by atoms with van der Waals surface area (Å²) >= 11 is 0. The molecule has 0 aromatic heterocycles. The second-order valence-corrected chi connectivity index (χ2v) is 10.1. The minimum Gasteiger partial charge on any atom is -0.462 e. The molecule has 0 saturated carbocycles. The lowest BCUT2D eigenvalue weighted by atomic mass is 10.2. The van der Waals surface area contributed by atoms with Crippen LogP contribution >= 0.6 is 0 Å². The van der Waals surface area contributed by atoms with Crippen molar-refractivity contribution in [1.82, 2.24) is 9.96 Å². The van der Waals surface area contributed by atoms with Crippen LogP contribution in [-0.4, -0.2) is 97.7 Å². The number of carbonyl (C=O) groups is 7. The van der Waals surface area contributed by atoms with E-state index in [1.165, 1.54) is 48.5 Å². The van der Waals surface area contributed by atoms with Gasteiger partial charge in [0.05, 0.1) is 63.7 Å². The van der Waals surface area contributed by atoms with Crippen LogP contribution in [0.15, 0.2) is 60.0 Å². The molecule has 2 aromatic rings. The van der Waals surface area contributed by atoms with E-state index in [0.717, 1.165) is 4.90 Å². The Hall–Kier alpha value is -5.61. The van der Waals surface area contributed by atoms with E-state index >= 15 is 0 Å². The first-order chi connectivity index (χ1) is 23.6. The molecule has 0 spiro atoms. The van der Waals surface area contributed by atoms with Crippen LogP contribution in [0.5, 0.6) is 11.5 Å². The van der Waals surface area contributed by atoms with E-state index in [4.69, 9.17) is 33.3 Å². The van der Waals surface area contributed by atoms with Crippen LogP contribution < -0.4 is 9.47 Å². The van der Waals surface area contributed by atoms with Crippen molar-refractivity contribution in [1.29, 1.82) is 0 Å². The Morgan fingerprint density at radius 2 is 1.08 bits per heavy atom. The normalized spacial score (nSPS) is 14.4. The van der Waals surface area contributed by atoms with E-state index in [9.17, 15) is 33.6 Å². The van der Waals surface area contributed by atoms with Crippen LogP contribution in [0.4, 0.5) is 0 Å². The lowest BCUT2D eigenvalue weighted by molar-refractivity contribution is -0.198. The number of hydrogen-bond acceptors (Lipinski definition) is 14. The van der Waals surface area contributed by atoms with Crippen molar-refractivity contribution in [3.63, 3.8) is 0 Å². The van der Waals surface area contributed by atoms with E-state index in [1.54, 1.807) is 13.8 Å². The molecule has 0 unspecified atom stereocenters. The van der Waals surface area contributed by atoms with Gasteiger partial charge in [0, 0.05) is 12.8 Å². The van der Waals surface area contributed by atoms with E-state index in [0.29, 0.717) is 5.06 Å². The fourth-order valence-electron chi connectivity index (χ4n) is 4.34. The summed E-state index contributed by atoms with van der Waals surface area (Å²) < 4.78 is 32.3. The number of imide groups is 2. The van der Waals surface area contributed by atoms with Crippen LogP contribution in [-0.2, 0) is 47.8 Å². The van der Waals surface area contributed by atoms with Gasteiger partial charge in [0.15, 0.2) is 0 Å². The standard InChI is InChI=1S/C33H34N2O14/c1-3-45-32(41)21-5-9-23(10-6-21)47-28-29(48-24-11-7-22(8-12-24)33(42)46-4-2)31(40)34(30(28)39)16-18-44-20-19-43-17-15-27(38)49-35-25(36)13-14-26(35)37/h5-12H,3-4,13-20H2,1-2H3. The van der Waals surface area contributed by atoms with Gasteiger partial charge in [0.2, 0.25) is 11.5 Å². The summed E-state index contributed by atoms with van der Waals surface area (Å²) in [6, 6.07) is 11.5. The molecule has 2 heterocycles. The maximum absolute atomic E-state index is 13.4. The maximum Gasteiger partial charge on any atom is 0.338 e. The minimum absolute atomic E-state index is 0.00794. The molecule has 2 aromatic carbocycles. The molecule has 0 atom stereocenters. The summed E-state index contributed by atoms with van der Waals surface area (Å²) in [6.45, 7) is 3.53. The van der Waals surface area contributed by atoms with Crippen LogP contribution in [0, 0.1) is 0 Å². The molecule has 2 aliphatic heterocycles. The smallest absolute Gasteiger partial charge is 0.338 e. The number of nitrogens with zero attached hydrogens (tertiary/aromatic N) is 2. The van der Waals surface area contributed by atoms with Crippen LogP contribution in [0.1, 0.15) is 53.8 Å². The van der Waals surface area contributed by atoms with E-state index in [1.807, 2.05) is 0 Å². The number of amides is 4. The monoisotopic (exact) mass is 682 g/mol. The second-order valence-electron chi connectivity index (χ2n) is 10.1. The van der Waals surface area contributed by atoms with Gasteiger partial charge in [-0.05, 0) is 62.4 Å². The molecule has 0 aliphatic carbocycles. The molecule has 1 saturated heterocycles. The highest BCUT2D eigenvalue weighted by Gasteiger charge is 2.42. The number of carbonyl (C=O) groups excluding carboxylic acids is 7. The van der Waals surface area contributed by atoms with Gasteiger partial charge in [0.25, 0.3) is 11.8 Å². The Balaban J connectivity index is 1.32. The number of ether oxygens (including phenoxy) is 6. The zero-order valence-corrected chi connectivity index (χ0v) is 26.8. The zero-order valence-electron chi connectivity index (χ0n) is 26.8. The van der Waals surface area contributed by atoms with Crippen molar-refractivity contribution in [3.05, 3.63) is 71.2 Å². The predicted molar refractivity (Wildman–Crippen MR) is 163 cm³/mol. The Morgan fingerprint density at radius 1 is 0.633 bits per heavy atom. The largest absolute Gasteiger partial charge is 0.462 e. The third-order valence-electron chi connectivity index (χ3n) is 6.74. The van der Waals surface area contributed by atoms with Crippen molar-refractivity contribution in [2.45, 2.75) is 33.1 Å². The summed E-state index contributed by atoms with van der Waals surface area (Å²) in [5.41, 5.74) is 0.515. The summed E-state index contributed by atoms with van der Waals surface area (Å²) in [6.07, 6.45) is -0.222. The molecule has 16 heteroatoms. The molecule has 0 N–H and O–H groups in total. The Kier molecular flexibility index (Phi) is 13.0. The number of rotatable bonds is 18. The van der Waals surface area contributed by atoms with Gasteiger partial charge in [-0.2, -0.15) is 0 Å². The van der Waals surface area contributed by atoms with E-state index in [-0.39, 0.29) is 88.1 Å². The Bertz CT molecular complexity index is 1500. The topological polar surface area (TPSA) is 191 Å². The first-order valence-electron chi connectivity index (χ1n) is 15.4.